The van der Waals surface area contributed by atoms with Gasteiger partial charge in [-0.15, -0.1) is 0 Å². The van der Waals surface area contributed by atoms with Crippen LogP contribution in [0.5, 0.6) is 0 Å². The molecule has 0 radical (unpaired) electrons. The van der Waals surface area contributed by atoms with Crippen molar-refractivity contribution in [3.63, 3.8) is 0 Å². The van der Waals surface area contributed by atoms with E-state index in [1.54, 1.807) is 17.2 Å². The summed E-state index contributed by atoms with van der Waals surface area (Å²) < 4.78 is 0.747. The van der Waals surface area contributed by atoms with Gasteiger partial charge in [0.15, 0.2) is 0 Å². The molecule has 1 amide bonds. The zero-order valence-electron chi connectivity index (χ0n) is 9.82. The van der Waals surface area contributed by atoms with Gasteiger partial charge in [-0.05, 0) is 47.4 Å². The van der Waals surface area contributed by atoms with E-state index in [2.05, 4.69) is 26.2 Å². The van der Waals surface area contributed by atoms with E-state index in [0.29, 0.717) is 11.7 Å². The molecule has 1 aromatic heterocycles. The number of rotatable bonds is 3. The number of amides is 1. The van der Waals surface area contributed by atoms with E-state index in [1.165, 1.54) is 6.42 Å². The largest absolute Gasteiger partial charge is 0.339 e. The first kappa shape index (κ1) is 12.5. The summed E-state index contributed by atoms with van der Waals surface area (Å²) in [5.41, 5.74) is 0.480. The van der Waals surface area contributed by atoms with Crippen molar-refractivity contribution in [3.05, 3.63) is 28.5 Å². The molecule has 5 heteroatoms. The third-order valence-electron chi connectivity index (χ3n) is 2.96. The molecule has 1 aliphatic rings. The number of nitrogens with one attached hydrogen (secondary N) is 1. The van der Waals surface area contributed by atoms with E-state index in [1.807, 2.05) is 13.1 Å². The number of nitrogens with zero attached hydrogens (tertiary/aromatic N) is 2. The highest BCUT2D eigenvalue weighted by molar-refractivity contribution is 9.10. The number of halogens is 1. The van der Waals surface area contributed by atoms with Crippen LogP contribution in [0.4, 0.5) is 0 Å². The van der Waals surface area contributed by atoms with Crippen LogP contribution in [0.15, 0.2) is 22.8 Å². The van der Waals surface area contributed by atoms with Crippen LogP contribution in [0.2, 0.25) is 0 Å². The molecule has 2 heterocycles. The molecule has 17 heavy (non-hydrogen) atoms. The lowest BCUT2D eigenvalue weighted by Gasteiger charge is -2.21. The van der Waals surface area contributed by atoms with Gasteiger partial charge in [0, 0.05) is 30.3 Å². The van der Waals surface area contributed by atoms with Gasteiger partial charge in [-0.2, -0.15) is 0 Å². The Bertz CT molecular complexity index is 404. The van der Waals surface area contributed by atoms with Gasteiger partial charge in [-0.1, -0.05) is 0 Å². The first-order chi connectivity index (χ1) is 8.18. The molecular formula is C12H16BrN3O. The quantitative estimate of drug-likeness (QED) is 0.923. The fourth-order valence-electron chi connectivity index (χ4n) is 2.05. The minimum Gasteiger partial charge on any atom is -0.339 e. The molecule has 0 aromatic carbocycles. The van der Waals surface area contributed by atoms with E-state index >= 15 is 0 Å². The molecule has 92 valence electrons. The highest BCUT2D eigenvalue weighted by Gasteiger charge is 2.21. The summed E-state index contributed by atoms with van der Waals surface area (Å²) >= 11 is 3.35. The van der Waals surface area contributed by atoms with Gasteiger partial charge in [0.1, 0.15) is 5.69 Å². The SMILES string of the molecule is CN(CC1CCCN1)C(=O)c1ncccc1Br. The van der Waals surface area contributed by atoms with Gasteiger partial charge < -0.3 is 10.2 Å². The normalized spacial score (nSPS) is 19.3. The zero-order valence-corrected chi connectivity index (χ0v) is 11.4. The van der Waals surface area contributed by atoms with Gasteiger partial charge in [0.2, 0.25) is 0 Å². The summed E-state index contributed by atoms with van der Waals surface area (Å²) in [6.07, 6.45) is 3.97. The standard InChI is InChI=1S/C12H16BrN3O/c1-16(8-9-4-2-6-14-9)12(17)11-10(13)5-3-7-15-11/h3,5,7,9,14H,2,4,6,8H2,1H3. The van der Waals surface area contributed by atoms with Crippen molar-refractivity contribution in [2.24, 2.45) is 0 Å². The van der Waals surface area contributed by atoms with Crippen molar-refractivity contribution < 1.29 is 4.79 Å². The molecule has 1 fully saturated rings. The second kappa shape index (κ2) is 5.60. The lowest BCUT2D eigenvalue weighted by Crippen LogP contribution is -2.39. The molecule has 0 aliphatic carbocycles. The second-order valence-electron chi connectivity index (χ2n) is 4.31. The first-order valence-corrected chi connectivity index (χ1v) is 6.57. The average Bonchev–Trinajstić information content (AvgIpc) is 2.81. The smallest absolute Gasteiger partial charge is 0.273 e. The molecule has 1 aliphatic heterocycles. The number of hydrogen-bond acceptors (Lipinski definition) is 3. The Kier molecular flexibility index (Phi) is 4.12. The monoisotopic (exact) mass is 297 g/mol. The van der Waals surface area contributed by atoms with E-state index in [0.717, 1.165) is 24.0 Å². The molecule has 4 nitrogen and oxygen atoms in total. The fraction of sp³-hybridized carbons (Fsp3) is 0.500. The summed E-state index contributed by atoms with van der Waals surface area (Å²) in [5, 5.41) is 3.38. The Hall–Kier alpha value is -0.940. The van der Waals surface area contributed by atoms with Crippen LogP contribution in [-0.4, -0.2) is 42.0 Å². The van der Waals surface area contributed by atoms with Crippen molar-refractivity contribution >= 4 is 21.8 Å². The molecular weight excluding hydrogens is 282 g/mol. The summed E-state index contributed by atoms with van der Waals surface area (Å²) in [7, 11) is 1.82. The van der Waals surface area contributed by atoms with E-state index in [9.17, 15) is 4.79 Å². The van der Waals surface area contributed by atoms with Gasteiger partial charge in [-0.25, -0.2) is 4.98 Å². The number of hydrogen-bond donors (Lipinski definition) is 1. The summed E-state index contributed by atoms with van der Waals surface area (Å²) in [6.45, 7) is 1.79. The number of likely N-dealkylation sites (N-methyl/N-ethyl adjacent to an activating group) is 1. The van der Waals surface area contributed by atoms with Crippen molar-refractivity contribution in [1.82, 2.24) is 15.2 Å². The van der Waals surface area contributed by atoms with Crippen molar-refractivity contribution in [3.8, 4) is 0 Å². The van der Waals surface area contributed by atoms with Crippen LogP contribution in [0.25, 0.3) is 0 Å². The average molecular weight is 298 g/mol. The highest BCUT2D eigenvalue weighted by Crippen LogP contribution is 2.15. The van der Waals surface area contributed by atoms with Crippen molar-refractivity contribution in [1.29, 1.82) is 0 Å². The molecule has 0 bridgehead atoms. The van der Waals surface area contributed by atoms with Crippen LogP contribution >= 0.6 is 15.9 Å². The highest BCUT2D eigenvalue weighted by atomic mass is 79.9. The maximum absolute atomic E-state index is 12.2. The van der Waals surface area contributed by atoms with Gasteiger partial charge >= 0.3 is 0 Å². The minimum absolute atomic E-state index is 0.0359. The van der Waals surface area contributed by atoms with E-state index in [-0.39, 0.29) is 5.91 Å². The van der Waals surface area contributed by atoms with E-state index < -0.39 is 0 Å². The maximum Gasteiger partial charge on any atom is 0.273 e. The Morgan fingerprint density at radius 2 is 2.53 bits per heavy atom. The van der Waals surface area contributed by atoms with E-state index in [4.69, 9.17) is 0 Å². The molecule has 0 saturated carbocycles. The lowest BCUT2D eigenvalue weighted by molar-refractivity contribution is 0.0777. The Labute approximate surface area is 110 Å². The Morgan fingerprint density at radius 3 is 3.18 bits per heavy atom. The number of pyridine rings is 1. The summed E-state index contributed by atoms with van der Waals surface area (Å²) in [6, 6.07) is 4.06. The third kappa shape index (κ3) is 3.04. The Morgan fingerprint density at radius 1 is 1.71 bits per heavy atom. The van der Waals surface area contributed by atoms with Gasteiger partial charge in [0.05, 0.1) is 0 Å². The molecule has 1 saturated heterocycles. The van der Waals surface area contributed by atoms with Crippen LogP contribution in [0.3, 0.4) is 0 Å². The molecule has 2 rings (SSSR count). The molecule has 1 unspecified atom stereocenters. The van der Waals surface area contributed by atoms with Crippen LogP contribution < -0.4 is 5.32 Å². The number of carbonyl (C=O) groups is 1. The van der Waals surface area contributed by atoms with Crippen molar-refractivity contribution in [2.75, 3.05) is 20.1 Å². The topological polar surface area (TPSA) is 45.2 Å². The van der Waals surface area contributed by atoms with Gasteiger partial charge in [-0.3, -0.25) is 4.79 Å². The maximum atomic E-state index is 12.2. The van der Waals surface area contributed by atoms with Crippen LogP contribution in [0, 0.1) is 0 Å². The summed E-state index contributed by atoms with van der Waals surface area (Å²) in [4.78, 5) is 18.0. The second-order valence-corrected chi connectivity index (χ2v) is 5.17. The lowest BCUT2D eigenvalue weighted by atomic mass is 10.2. The zero-order chi connectivity index (χ0) is 12.3. The predicted molar refractivity (Wildman–Crippen MR) is 69.9 cm³/mol. The van der Waals surface area contributed by atoms with Gasteiger partial charge in [0.25, 0.3) is 5.91 Å². The predicted octanol–water partition coefficient (Wildman–Crippen LogP) is 1.67. The van der Waals surface area contributed by atoms with Crippen molar-refractivity contribution in [2.45, 2.75) is 18.9 Å². The van der Waals surface area contributed by atoms with Crippen LogP contribution in [0.1, 0.15) is 23.3 Å². The molecule has 1 N–H and O–H groups in total. The number of carbonyl (C=O) groups excluding carboxylic acids is 1. The summed E-state index contributed by atoms with van der Waals surface area (Å²) in [5.74, 6) is -0.0359. The fourth-order valence-corrected chi connectivity index (χ4v) is 2.47. The first-order valence-electron chi connectivity index (χ1n) is 5.78. The van der Waals surface area contributed by atoms with Crippen LogP contribution in [-0.2, 0) is 0 Å². The molecule has 1 atom stereocenters. The number of aromatic nitrogens is 1. The molecule has 1 aromatic rings. The minimum atomic E-state index is -0.0359. The Balaban J connectivity index is 2.01. The third-order valence-corrected chi connectivity index (χ3v) is 3.60. The molecule has 0 spiro atoms.